The highest BCUT2D eigenvalue weighted by molar-refractivity contribution is 4.88. The lowest BCUT2D eigenvalue weighted by atomic mass is 9.79. The molecule has 2 aliphatic rings. The third-order valence-electron chi connectivity index (χ3n) is 4.68. The van der Waals surface area contributed by atoms with E-state index >= 15 is 0 Å². The fourth-order valence-electron chi connectivity index (χ4n) is 4.12. The summed E-state index contributed by atoms with van der Waals surface area (Å²) < 4.78 is 0. The highest BCUT2D eigenvalue weighted by atomic mass is 15.2. The monoisotopic (exact) mass is 280 g/mol. The van der Waals surface area contributed by atoms with Crippen molar-refractivity contribution in [3.8, 4) is 0 Å². The average molecular weight is 280 g/mol. The molecule has 2 rings (SSSR count). The molecule has 0 bridgehead atoms. The Labute approximate surface area is 126 Å². The van der Waals surface area contributed by atoms with Gasteiger partial charge in [-0.25, -0.2) is 0 Å². The fraction of sp³-hybridized carbons (Fsp3) is 1.00. The van der Waals surface area contributed by atoms with Gasteiger partial charge >= 0.3 is 0 Å². The Morgan fingerprint density at radius 1 is 0.700 bits per heavy atom. The minimum atomic E-state index is 0.444. The number of hydrogen-bond acceptors (Lipinski definition) is 2. The van der Waals surface area contributed by atoms with Gasteiger partial charge in [0, 0.05) is 26.2 Å². The summed E-state index contributed by atoms with van der Waals surface area (Å²) in [5.41, 5.74) is 0.888. The van der Waals surface area contributed by atoms with Crippen LogP contribution in [0.2, 0.25) is 0 Å². The molecule has 2 nitrogen and oxygen atoms in total. The van der Waals surface area contributed by atoms with Crippen LogP contribution in [0.1, 0.15) is 54.4 Å². The van der Waals surface area contributed by atoms with Crippen LogP contribution < -0.4 is 0 Å². The van der Waals surface area contributed by atoms with Crippen LogP contribution in [0.5, 0.6) is 0 Å². The van der Waals surface area contributed by atoms with E-state index < -0.39 is 0 Å². The van der Waals surface area contributed by atoms with Crippen LogP contribution in [0.15, 0.2) is 0 Å². The van der Waals surface area contributed by atoms with Gasteiger partial charge in [0.05, 0.1) is 0 Å². The zero-order chi connectivity index (χ0) is 15.0. The van der Waals surface area contributed by atoms with Crippen molar-refractivity contribution in [3.05, 3.63) is 0 Å². The molecule has 118 valence electrons. The lowest BCUT2D eigenvalue weighted by molar-refractivity contribution is 0.0196. The van der Waals surface area contributed by atoms with Gasteiger partial charge in [-0.15, -0.1) is 0 Å². The van der Waals surface area contributed by atoms with Crippen molar-refractivity contribution in [2.45, 2.75) is 54.4 Å². The van der Waals surface area contributed by atoms with Gasteiger partial charge in [0.1, 0.15) is 0 Å². The van der Waals surface area contributed by atoms with Crippen LogP contribution in [-0.4, -0.2) is 49.1 Å². The normalized spacial score (nSPS) is 30.3. The molecule has 0 N–H and O–H groups in total. The quantitative estimate of drug-likeness (QED) is 0.760. The number of hydrogen-bond donors (Lipinski definition) is 0. The smallest absolute Gasteiger partial charge is 0.00302 e. The maximum Gasteiger partial charge on any atom is 0.00302 e. The summed E-state index contributed by atoms with van der Waals surface area (Å²) in [7, 11) is 0. The number of fused-ring (bicyclic) bond motifs is 1. The van der Waals surface area contributed by atoms with Gasteiger partial charge in [-0.2, -0.15) is 0 Å². The van der Waals surface area contributed by atoms with E-state index in [0.717, 1.165) is 11.8 Å². The predicted molar refractivity (Wildman–Crippen MR) is 88.0 cm³/mol. The highest BCUT2D eigenvalue weighted by Gasteiger charge is 2.35. The molecule has 0 aliphatic carbocycles. The Morgan fingerprint density at radius 2 is 1.05 bits per heavy atom. The number of rotatable bonds is 2. The number of piperidine rings is 2. The van der Waals surface area contributed by atoms with Gasteiger partial charge < -0.3 is 9.80 Å². The summed E-state index contributed by atoms with van der Waals surface area (Å²) >= 11 is 0. The Bertz CT molecular complexity index is 278. The van der Waals surface area contributed by atoms with Crippen molar-refractivity contribution in [1.82, 2.24) is 9.80 Å². The van der Waals surface area contributed by atoms with Crippen LogP contribution in [0.25, 0.3) is 0 Å². The Hall–Kier alpha value is -0.0800. The van der Waals surface area contributed by atoms with Gasteiger partial charge in [-0.1, -0.05) is 41.5 Å². The first-order valence-corrected chi connectivity index (χ1v) is 8.57. The van der Waals surface area contributed by atoms with E-state index in [0.29, 0.717) is 10.8 Å². The molecule has 0 aromatic carbocycles. The topological polar surface area (TPSA) is 6.48 Å². The van der Waals surface area contributed by atoms with Gasteiger partial charge in [0.2, 0.25) is 0 Å². The molecule has 2 atom stereocenters. The second-order valence-corrected chi connectivity index (χ2v) is 9.69. The van der Waals surface area contributed by atoms with Crippen molar-refractivity contribution in [1.29, 1.82) is 0 Å². The van der Waals surface area contributed by atoms with E-state index in [2.05, 4.69) is 51.3 Å². The van der Waals surface area contributed by atoms with Crippen LogP contribution in [0.3, 0.4) is 0 Å². The van der Waals surface area contributed by atoms with Crippen molar-refractivity contribution in [3.63, 3.8) is 0 Å². The second-order valence-electron chi connectivity index (χ2n) is 9.69. The summed E-state index contributed by atoms with van der Waals surface area (Å²) in [6.07, 6.45) is 2.84. The van der Waals surface area contributed by atoms with Crippen LogP contribution in [-0.2, 0) is 0 Å². The molecule has 2 heterocycles. The molecule has 2 aliphatic heterocycles. The van der Waals surface area contributed by atoms with Crippen molar-refractivity contribution >= 4 is 0 Å². The zero-order valence-corrected chi connectivity index (χ0v) is 14.7. The average Bonchev–Trinajstić information content (AvgIpc) is 2.25. The van der Waals surface area contributed by atoms with Gasteiger partial charge in [-0.05, 0) is 48.6 Å². The highest BCUT2D eigenvalue weighted by Crippen LogP contribution is 2.33. The number of nitrogens with zero attached hydrogens (tertiary/aromatic N) is 2. The minimum Gasteiger partial charge on any atom is -0.303 e. The van der Waals surface area contributed by atoms with Gasteiger partial charge in [0.25, 0.3) is 0 Å². The van der Waals surface area contributed by atoms with Crippen molar-refractivity contribution in [2.24, 2.45) is 22.7 Å². The molecule has 0 radical (unpaired) electrons. The van der Waals surface area contributed by atoms with E-state index in [1.54, 1.807) is 0 Å². The maximum atomic E-state index is 2.72. The fourth-order valence-corrected chi connectivity index (χ4v) is 4.12. The first-order valence-electron chi connectivity index (χ1n) is 8.57. The third kappa shape index (κ3) is 5.04. The van der Waals surface area contributed by atoms with Crippen molar-refractivity contribution < 1.29 is 0 Å². The molecule has 20 heavy (non-hydrogen) atoms. The molecule has 0 amide bonds. The molecular formula is C18H36N2. The maximum absolute atomic E-state index is 2.72. The van der Waals surface area contributed by atoms with E-state index in [9.17, 15) is 0 Å². The van der Waals surface area contributed by atoms with E-state index in [-0.39, 0.29) is 0 Å². The molecule has 2 saturated heterocycles. The van der Waals surface area contributed by atoms with E-state index in [4.69, 9.17) is 0 Å². The van der Waals surface area contributed by atoms with Crippen LogP contribution in [0, 0.1) is 22.7 Å². The summed E-state index contributed by atoms with van der Waals surface area (Å²) in [4.78, 5) is 5.45. The Kier molecular flexibility index (Phi) is 4.86. The van der Waals surface area contributed by atoms with E-state index in [1.807, 2.05) is 0 Å². The first kappa shape index (κ1) is 16.3. The van der Waals surface area contributed by atoms with Crippen LogP contribution >= 0.6 is 0 Å². The Morgan fingerprint density at radius 3 is 1.35 bits per heavy atom. The summed E-state index contributed by atoms with van der Waals surface area (Å²) in [6.45, 7) is 22.1. The lowest BCUT2D eigenvalue weighted by Gasteiger charge is -2.47. The molecule has 2 fully saturated rings. The largest absolute Gasteiger partial charge is 0.303 e. The summed E-state index contributed by atoms with van der Waals surface area (Å²) in [6, 6.07) is 0. The zero-order valence-electron chi connectivity index (χ0n) is 14.7. The van der Waals surface area contributed by atoms with Crippen LogP contribution in [0.4, 0.5) is 0 Å². The van der Waals surface area contributed by atoms with E-state index in [1.165, 1.54) is 52.1 Å². The summed E-state index contributed by atoms with van der Waals surface area (Å²) in [5, 5.41) is 0. The standard InChI is InChI=1S/C18H36N2/c1-17(2,3)13-19-9-7-16-12-20(14-18(4,5)6)10-8-15(16)11-19/h15-16H,7-14H2,1-6H3. The molecule has 0 saturated carbocycles. The first-order chi connectivity index (χ1) is 9.12. The summed E-state index contributed by atoms with van der Waals surface area (Å²) in [5.74, 6) is 1.92. The molecule has 2 heteroatoms. The lowest BCUT2D eigenvalue weighted by Crippen LogP contribution is -2.51. The molecule has 0 spiro atoms. The van der Waals surface area contributed by atoms with Crippen molar-refractivity contribution in [2.75, 3.05) is 39.3 Å². The van der Waals surface area contributed by atoms with Gasteiger partial charge in [0.15, 0.2) is 0 Å². The molecule has 0 aromatic heterocycles. The second kappa shape index (κ2) is 5.96. The molecule has 2 unspecified atom stereocenters. The molecular weight excluding hydrogens is 244 g/mol. The minimum absolute atomic E-state index is 0.444. The number of likely N-dealkylation sites (tertiary alicyclic amines) is 2. The molecule has 0 aromatic rings. The SMILES string of the molecule is CC(C)(C)CN1CCC2CN(CC(C)(C)C)CCC2C1. The predicted octanol–water partition coefficient (Wildman–Crippen LogP) is 3.72. The van der Waals surface area contributed by atoms with Gasteiger partial charge in [-0.3, -0.25) is 0 Å². The third-order valence-corrected chi connectivity index (χ3v) is 4.68. The Balaban J connectivity index is 1.83.